The molecule has 1 saturated heterocycles. The van der Waals surface area contributed by atoms with Gasteiger partial charge in [0.1, 0.15) is 5.75 Å². The molecule has 5 rings (SSSR count). The predicted molar refractivity (Wildman–Crippen MR) is 134 cm³/mol. The van der Waals surface area contributed by atoms with Crippen molar-refractivity contribution in [1.82, 2.24) is 19.5 Å². The molecule has 0 atom stereocenters. The van der Waals surface area contributed by atoms with E-state index >= 15 is 0 Å². The molecule has 0 bridgehead atoms. The van der Waals surface area contributed by atoms with E-state index in [1.54, 1.807) is 53.4 Å². The fraction of sp³-hybridized carbons (Fsp3) is 0.259. The van der Waals surface area contributed by atoms with E-state index in [4.69, 9.17) is 4.74 Å². The number of benzene rings is 2. The summed E-state index contributed by atoms with van der Waals surface area (Å²) in [4.78, 5) is 31.6. The highest BCUT2D eigenvalue weighted by Crippen LogP contribution is 2.33. The third-order valence-electron chi connectivity index (χ3n) is 6.37. The van der Waals surface area contributed by atoms with Crippen LogP contribution in [0.2, 0.25) is 0 Å². The minimum atomic E-state index is -4.74. The van der Waals surface area contributed by atoms with Crippen molar-refractivity contribution in [2.45, 2.75) is 25.4 Å². The molecule has 196 valence electrons. The van der Waals surface area contributed by atoms with Crippen molar-refractivity contribution < 1.29 is 27.5 Å². The SMILES string of the molecule is COc1ccc(-c2cc(C(F)(F)F)n3nc(C(=O)Nc4ccc(C(=O)N5CCCCC5)cc4)cc3n2)cc1. The zero-order valence-corrected chi connectivity index (χ0v) is 20.5. The fourth-order valence-electron chi connectivity index (χ4n) is 4.37. The third kappa shape index (κ3) is 5.17. The van der Waals surface area contributed by atoms with Crippen LogP contribution in [0, 0.1) is 0 Å². The van der Waals surface area contributed by atoms with Gasteiger partial charge in [-0.2, -0.15) is 18.3 Å². The van der Waals surface area contributed by atoms with Gasteiger partial charge in [0, 0.05) is 36.0 Å². The maximum atomic E-state index is 13.9. The topological polar surface area (TPSA) is 88.8 Å². The summed E-state index contributed by atoms with van der Waals surface area (Å²) in [6, 6.07) is 14.9. The van der Waals surface area contributed by atoms with Gasteiger partial charge in [-0.15, -0.1) is 0 Å². The van der Waals surface area contributed by atoms with Crippen LogP contribution in [0.1, 0.15) is 45.8 Å². The van der Waals surface area contributed by atoms with Gasteiger partial charge in [0.2, 0.25) is 0 Å². The van der Waals surface area contributed by atoms with E-state index < -0.39 is 17.8 Å². The number of hydrogen-bond acceptors (Lipinski definition) is 5. The molecule has 1 fully saturated rings. The van der Waals surface area contributed by atoms with Gasteiger partial charge in [-0.25, -0.2) is 9.50 Å². The number of ether oxygens (including phenoxy) is 1. The number of piperidine rings is 1. The number of methoxy groups -OCH3 is 1. The Morgan fingerprint density at radius 3 is 2.26 bits per heavy atom. The molecule has 0 aliphatic carbocycles. The van der Waals surface area contributed by atoms with E-state index in [1.165, 1.54) is 13.2 Å². The van der Waals surface area contributed by atoms with Gasteiger partial charge < -0.3 is 15.0 Å². The molecule has 2 aromatic heterocycles. The van der Waals surface area contributed by atoms with Gasteiger partial charge in [-0.05, 0) is 73.9 Å². The van der Waals surface area contributed by atoms with Crippen molar-refractivity contribution in [1.29, 1.82) is 0 Å². The maximum absolute atomic E-state index is 13.9. The van der Waals surface area contributed by atoms with Crippen molar-refractivity contribution in [2.24, 2.45) is 0 Å². The lowest BCUT2D eigenvalue weighted by Crippen LogP contribution is -2.35. The Bertz CT molecular complexity index is 1480. The average molecular weight is 524 g/mol. The standard InChI is InChI=1S/C27H24F3N5O3/c1-38-20-11-7-17(8-12-20)21-15-23(27(28,29)30)35-24(32-21)16-22(33-35)25(36)31-19-9-5-18(6-10-19)26(37)34-13-3-2-4-14-34/h5-12,15-16H,2-4,13-14H2,1H3,(H,31,36). The van der Waals surface area contributed by atoms with Crippen LogP contribution < -0.4 is 10.1 Å². The molecule has 1 N–H and O–H groups in total. The number of carbonyl (C=O) groups is 2. The summed E-state index contributed by atoms with van der Waals surface area (Å²) in [5.74, 6) is -0.218. The monoisotopic (exact) mass is 523 g/mol. The molecular formula is C27H24F3N5O3. The summed E-state index contributed by atoms with van der Waals surface area (Å²) in [6.45, 7) is 1.44. The Labute approximate surface area is 216 Å². The number of amides is 2. The quantitative estimate of drug-likeness (QED) is 0.384. The highest BCUT2D eigenvalue weighted by Gasteiger charge is 2.35. The third-order valence-corrected chi connectivity index (χ3v) is 6.37. The van der Waals surface area contributed by atoms with Gasteiger partial charge in [-0.1, -0.05) is 0 Å². The van der Waals surface area contributed by atoms with Crippen LogP contribution in [0.5, 0.6) is 5.75 Å². The van der Waals surface area contributed by atoms with Gasteiger partial charge >= 0.3 is 6.18 Å². The zero-order valence-electron chi connectivity index (χ0n) is 20.5. The smallest absolute Gasteiger partial charge is 0.433 e. The molecule has 38 heavy (non-hydrogen) atoms. The molecule has 0 radical (unpaired) electrons. The number of fused-ring (bicyclic) bond motifs is 1. The number of anilines is 1. The van der Waals surface area contributed by atoms with Crippen molar-refractivity contribution >= 4 is 23.1 Å². The van der Waals surface area contributed by atoms with Gasteiger partial charge in [0.15, 0.2) is 17.0 Å². The molecule has 0 saturated carbocycles. The highest BCUT2D eigenvalue weighted by atomic mass is 19.4. The Hall–Kier alpha value is -4.41. The largest absolute Gasteiger partial charge is 0.497 e. The predicted octanol–water partition coefficient (Wildman–Crippen LogP) is 5.30. The summed E-state index contributed by atoms with van der Waals surface area (Å²) in [5, 5.41) is 6.51. The number of nitrogens with one attached hydrogen (secondary N) is 1. The van der Waals surface area contributed by atoms with Crippen molar-refractivity contribution in [3.05, 3.63) is 77.6 Å². The summed E-state index contributed by atoms with van der Waals surface area (Å²) >= 11 is 0. The van der Waals surface area contributed by atoms with Crippen molar-refractivity contribution in [2.75, 3.05) is 25.5 Å². The zero-order chi connectivity index (χ0) is 26.9. The summed E-state index contributed by atoms with van der Waals surface area (Å²) in [6.07, 6.45) is -1.67. The second-order valence-corrected chi connectivity index (χ2v) is 8.94. The van der Waals surface area contributed by atoms with E-state index in [-0.39, 0.29) is 22.9 Å². The Morgan fingerprint density at radius 1 is 0.947 bits per heavy atom. The lowest BCUT2D eigenvalue weighted by molar-refractivity contribution is -0.142. The van der Waals surface area contributed by atoms with Crippen molar-refractivity contribution in [3.63, 3.8) is 0 Å². The second-order valence-electron chi connectivity index (χ2n) is 8.94. The first-order valence-electron chi connectivity index (χ1n) is 12.1. The number of alkyl halides is 3. The molecule has 4 aromatic rings. The molecule has 1 aliphatic rings. The lowest BCUT2D eigenvalue weighted by atomic mass is 10.1. The van der Waals surface area contributed by atoms with E-state index in [0.29, 0.717) is 27.1 Å². The average Bonchev–Trinajstić information content (AvgIpc) is 3.37. The fourth-order valence-corrected chi connectivity index (χ4v) is 4.37. The van der Waals surface area contributed by atoms with Gasteiger partial charge in [0.05, 0.1) is 12.8 Å². The number of likely N-dealkylation sites (tertiary alicyclic amines) is 1. The summed E-state index contributed by atoms with van der Waals surface area (Å²) in [5.41, 5.74) is -0.0130. The van der Waals surface area contributed by atoms with Crippen LogP contribution in [0.15, 0.2) is 60.7 Å². The molecule has 8 nitrogen and oxygen atoms in total. The summed E-state index contributed by atoms with van der Waals surface area (Å²) < 4.78 is 47.4. The van der Waals surface area contributed by atoms with Crippen LogP contribution in [0.4, 0.5) is 18.9 Å². The molecule has 0 spiro atoms. The lowest BCUT2D eigenvalue weighted by Gasteiger charge is -2.26. The first-order valence-corrected chi connectivity index (χ1v) is 12.1. The van der Waals surface area contributed by atoms with E-state index in [1.807, 2.05) is 0 Å². The molecule has 2 amide bonds. The van der Waals surface area contributed by atoms with E-state index in [2.05, 4.69) is 15.4 Å². The maximum Gasteiger partial charge on any atom is 0.433 e. The van der Waals surface area contributed by atoms with Crippen LogP contribution in [0.25, 0.3) is 16.9 Å². The Kier molecular flexibility index (Phi) is 6.75. The number of aromatic nitrogens is 3. The second kappa shape index (κ2) is 10.2. The van der Waals surface area contributed by atoms with Crippen LogP contribution in [-0.4, -0.2) is 51.5 Å². The molecule has 3 heterocycles. The van der Waals surface area contributed by atoms with Crippen LogP contribution >= 0.6 is 0 Å². The Morgan fingerprint density at radius 2 is 1.63 bits per heavy atom. The van der Waals surface area contributed by atoms with Crippen molar-refractivity contribution in [3.8, 4) is 17.0 Å². The van der Waals surface area contributed by atoms with Gasteiger partial charge in [0.25, 0.3) is 11.8 Å². The normalized spacial score (nSPS) is 13.9. The molecular weight excluding hydrogens is 499 g/mol. The molecule has 1 aliphatic heterocycles. The Balaban J connectivity index is 1.39. The number of halogens is 3. The molecule has 0 unspecified atom stereocenters. The van der Waals surface area contributed by atoms with Crippen LogP contribution in [0.3, 0.4) is 0 Å². The van der Waals surface area contributed by atoms with Crippen LogP contribution in [-0.2, 0) is 6.18 Å². The number of hydrogen-bond donors (Lipinski definition) is 1. The highest BCUT2D eigenvalue weighted by molar-refractivity contribution is 6.04. The summed E-state index contributed by atoms with van der Waals surface area (Å²) in [7, 11) is 1.49. The van der Waals surface area contributed by atoms with E-state index in [0.717, 1.165) is 38.4 Å². The van der Waals surface area contributed by atoms with E-state index in [9.17, 15) is 22.8 Å². The molecule has 11 heteroatoms. The van der Waals surface area contributed by atoms with Gasteiger partial charge in [-0.3, -0.25) is 9.59 Å². The number of carbonyl (C=O) groups excluding carboxylic acids is 2. The minimum absolute atomic E-state index is 0.0682. The first-order chi connectivity index (χ1) is 18.2. The first kappa shape index (κ1) is 25.2. The minimum Gasteiger partial charge on any atom is -0.497 e. The number of nitrogens with zero attached hydrogens (tertiary/aromatic N) is 4. The molecule has 2 aromatic carbocycles. The number of rotatable bonds is 5.